The number of nitrogens with one attached hydrogen (secondary N) is 6. The number of carbonyl (C=O) groups is 9. The molecule has 1 aromatic heterocycles. The Morgan fingerprint density at radius 3 is 1.99 bits per heavy atom. The number of unbranched alkanes of at least 4 members (excludes halogenated alkanes) is 1. The number of aromatic nitrogens is 2. The van der Waals surface area contributed by atoms with Crippen molar-refractivity contribution >= 4 is 93.6 Å². The van der Waals surface area contributed by atoms with Gasteiger partial charge in [-0.2, -0.15) is 23.5 Å². The van der Waals surface area contributed by atoms with E-state index in [4.69, 9.17) is 48.7 Å². The van der Waals surface area contributed by atoms with Crippen LogP contribution in [-0.4, -0.2) is 247 Å². The second-order valence-corrected chi connectivity index (χ2v) is 30.5. The number of azide groups is 1. The number of hydrogen-bond donors (Lipinski definition) is 6. The lowest BCUT2D eigenvalue weighted by Crippen LogP contribution is -2.60. The quantitative estimate of drug-likeness (QED) is 0.0104. The minimum Gasteiger partial charge on any atom is -0.445 e. The highest BCUT2D eigenvalue weighted by atomic mass is 32.2. The number of likely N-dealkylation sites (N-methyl/N-ethyl adjacent to an activating group) is 2. The maximum absolute atomic E-state index is 14.9. The molecular formula is C80H122N14O16S2. The fourth-order valence-electron chi connectivity index (χ4n) is 13.5. The molecule has 3 aromatic carbocycles. The molecule has 32 heteroatoms. The van der Waals surface area contributed by atoms with E-state index in [0.717, 1.165) is 40.4 Å². The third kappa shape index (κ3) is 31.3. The van der Waals surface area contributed by atoms with E-state index in [9.17, 15) is 43.2 Å². The standard InChI is InChI=1S/C80H122N14O16S2/c1-15-54(6)73(67(105-11)47-70(97)94-37-21-26-66(94)74(106-12)55(7)75(98)86-60(48-84-91-81)45-56-23-17-16-18-24-56)92(8)79(102)71(52(2)3)90-78(101)72(53(4)5)93(9)80(103)110-49-57-27-30-59(31-28-57)85-77(100)62(25-19-20-35-82-68(95)33-40-107-39-22-38-104-10)89-69(96)34-41-108-43-44-109-42-36-83-76(99)58-29-32-61-63(46-58)88-65(51-112-14)64(87-61)50-111-13/h16-18,23-24,27-32,46,52-55,60,62,66-67,71-74H,15,19-22,25-26,33-45,47-51H2,1-14H3,(H,82,95)(H,83,99)(H,85,100)(H,86,98)(H,89,96)(H,90,101)/t54-,55+,60-,62-,66-,67+,71-,72-,73-,74+/m0/s1. The van der Waals surface area contributed by atoms with Gasteiger partial charge in [0.25, 0.3) is 5.91 Å². The lowest BCUT2D eigenvalue weighted by atomic mass is 9.89. The third-order valence-corrected chi connectivity index (χ3v) is 20.9. The van der Waals surface area contributed by atoms with Gasteiger partial charge in [0.2, 0.25) is 41.4 Å². The molecule has 30 nitrogen and oxygen atoms in total. The van der Waals surface area contributed by atoms with Crippen molar-refractivity contribution in [2.24, 2.45) is 28.8 Å². The summed E-state index contributed by atoms with van der Waals surface area (Å²) in [5.74, 6) is -3.15. The third-order valence-electron chi connectivity index (χ3n) is 19.7. The van der Waals surface area contributed by atoms with Crippen molar-refractivity contribution in [3.8, 4) is 0 Å². The van der Waals surface area contributed by atoms with E-state index in [1.54, 1.807) is 111 Å². The largest absolute Gasteiger partial charge is 0.445 e. The second-order valence-electron chi connectivity index (χ2n) is 28.8. The van der Waals surface area contributed by atoms with E-state index in [-0.39, 0.29) is 108 Å². The first-order valence-electron chi connectivity index (χ1n) is 38.8. The van der Waals surface area contributed by atoms with Gasteiger partial charge in [-0.25, -0.2) is 14.8 Å². The molecule has 112 heavy (non-hydrogen) atoms. The van der Waals surface area contributed by atoms with E-state index in [1.807, 2.05) is 70.5 Å². The number of nitrogens with zero attached hydrogens (tertiary/aromatic N) is 8. The van der Waals surface area contributed by atoms with Gasteiger partial charge in [0.15, 0.2) is 0 Å². The van der Waals surface area contributed by atoms with Gasteiger partial charge in [-0.1, -0.05) is 102 Å². The fraction of sp³-hybridized carbons (Fsp3) is 0.637. The molecule has 0 aliphatic carbocycles. The molecule has 0 unspecified atom stereocenters. The van der Waals surface area contributed by atoms with Gasteiger partial charge in [-0.15, -0.1) is 0 Å². The molecule has 0 saturated carbocycles. The summed E-state index contributed by atoms with van der Waals surface area (Å²) in [7, 11) is 7.73. The topological polar surface area (TPSA) is 375 Å². The maximum atomic E-state index is 14.9. The summed E-state index contributed by atoms with van der Waals surface area (Å²) in [6.45, 7) is 15.8. The number of anilines is 1. The summed E-state index contributed by atoms with van der Waals surface area (Å²) < 4.78 is 39.8. The summed E-state index contributed by atoms with van der Waals surface area (Å²) >= 11 is 3.35. The lowest BCUT2D eigenvalue weighted by molar-refractivity contribution is -0.148. The van der Waals surface area contributed by atoms with Crippen LogP contribution in [0, 0.1) is 23.7 Å². The van der Waals surface area contributed by atoms with E-state index in [2.05, 4.69) is 41.9 Å². The minimum absolute atomic E-state index is 0.0452. The highest BCUT2D eigenvalue weighted by Gasteiger charge is 2.44. The summed E-state index contributed by atoms with van der Waals surface area (Å²) in [6.07, 6.45) is 6.11. The van der Waals surface area contributed by atoms with E-state index < -0.39 is 95.9 Å². The van der Waals surface area contributed by atoms with Crippen molar-refractivity contribution in [3.63, 3.8) is 0 Å². The molecule has 10 atom stereocenters. The van der Waals surface area contributed by atoms with Gasteiger partial charge >= 0.3 is 6.09 Å². The predicted octanol–water partition coefficient (Wildman–Crippen LogP) is 9.05. The Labute approximate surface area is 669 Å². The molecule has 6 N–H and O–H groups in total. The molecule has 0 bridgehead atoms. The fourth-order valence-corrected chi connectivity index (χ4v) is 14.5. The van der Waals surface area contributed by atoms with Crippen LogP contribution in [0.5, 0.6) is 0 Å². The van der Waals surface area contributed by atoms with Gasteiger partial charge in [-0.05, 0) is 122 Å². The number of carbonyl (C=O) groups excluding carboxylic acids is 9. The van der Waals surface area contributed by atoms with Gasteiger partial charge in [0.05, 0.1) is 92.1 Å². The van der Waals surface area contributed by atoms with Crippen LogP contribution in [0.3, 0.4) is 0 Å². The number of thioether (sulfide) groups is 2. The number of amides is 9. The number of methoxy groups -OCH3 is 3. The van der Waals surface area contributed by atoms with Crippen LogP contribution in [0.25, 0.3) is 21.5 Å². The van der Waals surface area contributed by atoms with Crippen molar-refractivity contribution in [2.75, 3.05) is 126 Å². The summed E-state index contributed by atoms with van der Waals surface area (Å²) in [6, 6.07) is 16.8. The number of ether oxygens (including phenoxy) is 7. The summed E-state index contributed by atoms with van der Waals surface area (Å²) in [5.41, 5.74) is 14.7. The van der Waals surface area contributed by atoms with E-state index in [0.29, 0.717) is 87.2 Å². The van der Waals surface area contributed by atoms with Crippen molar-refractivity contribution in [1.82, 2.24) is 51.3 Å². The zero-order valence-electron chi connectivity index (χ0n) is 68.0. The molecule has 1 aliphatic rings. The van der Waals surface area contributed by atoms with Crippen molar-refractivity contribution in [1.29, 1.82) is 0 Å². The maximum Gasteiger partial charge on any atom is 0.410 e. The number of likely N-dealkylation sites (tertiary alicyclic amines) is 1. The van der Waals surface area contributed by atoms with Crippen LogP contribution in [0.2, 0.25) is 0 Å². The first-order chi connectivity index (χ1) is 53.8. The van der Waals surface area contributed by atoms with Crippen molar-refractivity contribution < 1.29 is 76.3 Å². The molecule has 4 aromatic rings. The van der Waals surface area contributed by atoms with Crippen molar-refractivity contribution in [2.45, 2.75) is 186 Å². The lowest BCUT2D eigenvalue weighted by Gasteiger charge is -2.41. The molecule has 0 spiro atoms. The molecular weight excluding hydrogens is 1480 g/mol. The number of hydrogen-bond acceptors (Lipinski definition) is 21. The zero-order valence-corrected chi connectivity index (χ0v) is 69.6. The molecule has 1 saturated heterocycles. The predicted molar refractivity (Wildman–Crippen MR) is 434 cm³/mol. The van der Waals surface area contributed by atoms with E-state index in [1.165, 1.54) is 26.2 Å². The van der Waals surface area contributed by atoms with Crippen LogP contribution in [0.1, 0.15) is 146 Å². The molecule has 0 radical (unpaired) electrons. The Morgan fingerprint density at radius 1 is 0.688 bits per heavy atom. The highest BCUT2D eigenvalue weighted by Crippen LogP contribution is 2.31. The van der Waals surface area contributed by atoms with Gasteiger partial charge in [0.1, 0.15) is 24.7 Å². The Balaban J connectivity index is 1.14. The zero-order chi connectivity index (χ0) is 82.1. The second kappa shape index (κ2) is 51.5. The molecule has 9 amide bonds. The number of rotatable bonds is 53. The van der Waals surface area contributed by atoms with Crippen LogP contribution in [0.4, 0.5) is 10.5 Å². The summed E-state index contributed by atoms with van der Waals surface area (Å²) in [4.78, 5) is 142. The van der Waals surface area contributed by atoms with Gasteiger partial charge in [-0.3, -0.25) is 43.3 Å². The Kier molecular flexibility index (Phi) is 43.4. The van der Waals surface area contributed by atoms with Crippen LogP contribution >= 0.6 is 23.5 Å². The molecule has 1 aliphatic heterocycles. The number of fused-ring (bicyclic) bond motifs is 1. The molecule has 5 rings (SSSR count). The Morgan fingerprint density at radius 2 is 1.36 bits per heavy atom. The monoisotopic (exact) mass is 1600 g/mol. The first-order valence-corrected chi connectivity index (χ1v) is 41.5. The van der Waals surface area contributed by atoms with E-state index >= 15 is 0 Å². The SMILES string of the molecule is CC[C@H](C)[C@@H]([C@@H](CC(=O)N1CCC[C@H]1[C@H](OC)[C@@H](C)C(=O)N[C@H](CN=[N+]=[N-])Cc1ccccc1)OC)N(C)C(=O)[C@@H](NC(=O)[C@H](C(C)C)N(C)C(=O)OCc1ccc(NC(=O)[C@H](CCCCNC(=O)CCOCCCOC)NC(=O)CCOCCOCCNC(=O)c2ccc3nc(CSC)c(CSC)nc3c2)cc1)C(C)C. The average Bonchev–Trinajstić information content (AvgIpc) is 1.22. The Hall–Kier alpha value is -8.20. The smallest absolute Gasteiger partial charge is 0.410 e. The van der Waals surface area contributed by atoms with Gasteiger partial charge < -0.3 is 74.9 Å². The molecule has 620 valence electrons. The molecule has 1 fully saturated rings. The first kappa shape index (κ1) is 94.4. The highest BCUT2D eigenvalue weighted by molar-refractivity contribution is 7.98. The minimum atomic E-state index is -1.08. The molecule has 2 heterocycles. The van der Waals surface area contributed by atoms with Crippen LogP contribution in [0.15, 0.2) is 77.9 Å². The summed E-state index contributed by atoms with van der Waals surface area (Å²) in [5, 5.41) is 21.2. The average molecular weight is 1600 g/mol. The van der Waals surface area contributed by atoms with Crippen LogP contribution < -0.4 is 31.9 Å². The normalized spacial score (nSPS) is 15.2. The van der Waals surface area contributed by atoms with Gasteiger partial charge in [0, 0.05) is 121 Å². The number of benzene rings is 3. The Bertz CT molecular complexity index is 3640. The van der Waals surface area contributed by atoms with Crippen molar-refractivity contribution in [3.05, 3.63) is 111 Å². The van der Waals surface area contributed by atoms with Crippen LogP contribution in [-0.2, 0) is 91.3 Å².